The first-order chi connectivity index (χ1) is 15.8. The molecule has 2 aromatic heterocycles. The van der Waals surface area contributed by atoms with Crippen LogP contribution >= 0.6 is 11.8 Å². The Labute approximate surface area is 195 Å². The normalized spacial score (nSPS) is 12.2. The van der Waals surface area contributed by atoms with Gasteiger partial charge in [-0.05, 0) is 48.5 Å². The summed E-state index contributed by atoms with van der Waals surface area (Å²) in [5, 5.41) is 0.544. The Morgan fingerprint density at radius 3 is 2.58 bits per heavy atom. The van der Waals surface area contributed by atoms with Crippen molar-refractivity contribution in [1.29, 1.82) is 0 Å². The minimum absolute atomic E-state index is 0.161. The van der Waals surface area contributed by atoms with Crippen LogP contribution in [0.1, 0.15) is 25.2 Å². The second-order valence-electron chi connectivity index (χ2n) is 7.32. The van der Waals surface area contributed by atoms with Gasteiger partial charge in [-0.3, -0.25) is 0 Å². The second kappa shape index (κ2) is 9.66. The van der Waals surface area contributed by atoms with E-state index >= 15 is 0 Å². The zero-order chi connectivity index (χ0) is 23.6. The molecule has 174 valence electrons. The summed E-state index contributed by atoms with van der Waals surface area (Å²) in [5.74, 6) is -0.157. The molecule has 0 amide bonds. The lowest BCUT2D eigenvalue weighted by atomic mass is 10.2. The van der Waals surface area contributed by atoms with E-state index in [0.717, 1.165) is 18.2 Å². The number of rotatable bonds is 9. The first-order valence-electron chi connectivity index (χ1n) is 10.4. The quantitative estimate of drug-likeness (QED) is 0.298. The van der Waals surface area contributed by atoms with E-state index in [9.17, 15) is 17.2 Å². The SMILES string of the molecule is CCN(CC)S(=O)(=O)c1ccc2c(c1)nc(SCc1cc(F)ccc1F)n2Cc1ccco1. The summed E-state index contributed by atoms with van der Waals surface area (Å²) >= 11 is 1.24. The summed E-state index contributed by atoms with van der Waals surface area (Å²) in [7, 11) is -3.64. The Balaban J connectivity index is 1.74. The molecule has 4 aromatic rings. The average Bonchev–Trinajstić information content (AvgIpc) is 3.43. The van der Waals surface area contributed by atoms with Crippen LogP contribution in [0.15, 0.2) is 69.3 Å². The number of sulfonamides is 1. The minimum Gasteiger partial charge on any atom is -0.467 e. The van der Waals surface area contributed by atoms with Gasteiger partial charge in [-0.2, -0.15) is 4.31 Å². The minimum atomic E-state index is -3.64. The van der Waals surface area contributed by atoms with E-state index in [1.807, 2.05) is 10.6 Å². The van der Waals surface area contributed by atoms with Crippen LogP contribution in [0.5, 0.6) is 0 Å². The third-order valence-corrected chi connectivity index (χ3v) is 8.36. The van der Waals surface area contributed by atoms with Crippen LogP contribution in [-0.4, -0.2) is 35.4 Å². The van der Waals surface area contributed by atoms with E-state index in [-0.39, 0.29) is 16.2 Å². The molecule has 0 aliphatic heterocycles. The molecule has 4 rings (SSSR count). The first kappa shape index (κ1) is 23.5. The lowest BCUT2D eigenvalue weighted by molar-refractivity contribution is 0.445. The zero-order valence-corrected chi connectivity index (χ0v) is 19.8. The number of fused-ring (bicyclic) bond motifs is 1. The van der Waals surface area contributed by atoms with Crippen molar-refractivity contribution in [2.75, 3.05) is 13.1 Å². The fraction of sp³-hybridized carbons (Fsp3) is 0.261. The highest BCUT2D eigenvalue weighted by Crippen LogP contribution is 2.30. The Hall–Kier alpha value is -2.69. The topological polar surface area (TPSA) is 68.3 Å². The van der Waals surface area contributed by atoms with Crippen molar-refractivity contribution in [3.05, 3.63) is 77.8 Å². The van der Waals surface area contributed by atoms with Gasteiger partial charge >= 0.3 is 0 Å². The van der Waals surface area contributed by atoms with Crippen LogP contribution in [0.3, 0.4) is 0 Å². The molecule has 0 bridgehead atoms. The number of hydrogen-bond donors (Lipinski definition) is 0. The van der Waals surface area contributed by atoms with Crippen LogP contribution in [0.4, 0.5) is 8.78 Å². The van der Waals surface area contributed by atoms with E-state index < -0.39 is 21.7 Å². The van der Waals surface area contributed by atoms with Crippen molar-refractivity contribution >= 4 is 32.8 Å². The molecule has 0 aliphatic rings. The maximum Gasteiger partial charge on any atom is 0.243 e. The standard InChI is InChI=1S/C23H23F2N3O3S2/c1-3-27(4-2)33(29,30)19-8-10-22-21(13-19)26-23(28(22)14-18-6-5-11-31-18)32-15-16-12-17(24)7-9-20(16)25/h5-13H,3-4,14-15H2,1-2H3. The van der Waals surface area contributed by atoms with Gasteiger partial charge in [0.05, 0.1) is 28.7 Å². The Kier molecular flexibility index (Phi) is 6.87. The van der Waals surface area contributed by atoms with E-state index in [0.29, 0.717) is 41.6 Å². The first-order valence-corrected chi connectivity index (χ1v) is 12.9. The van der Waals surface area contributed by atoms with Crippen LogP contribution in [-0.2, 0) is 22.3 Å². The van der Waals surface area contributed by atoms with E-state index in [1.165, 1.54) is 16.1 Å². The molecule has 0 fully saturated rings. The van der Waals surface area contributed by atoms with E-state index in [2.05, 4.69) is 4.98 Å². The van der Waals surface area contributed by atoms with E-state index in [4.69, 9.17) is 4.42 Å². The number of aromatic nitrogens is 2. The lowest BCUT2D eigenvalue weighted by Crippen LogP contribution is -2.30. The van der Waals surface area contributed by atoms with Crippen LogP contribution in [0.2, 0.25) is 0 Å². The van der Waals surface area contributed by atoms with Gasteiger partial charge in [-0.1, -0.05) is 25.6 Å². The van der Waals surface area contributed by atoms with Crippen LogP contribution in [0, 0.1) is 11.6 Å². The van der Waals surface area contributed by atoms with Crippen molar-refractivity contribution in [3.63, 3.8) is 0 Å². The summed E-state index contributed by atoms with van der Waals surface area (Å²) in [6.45, 7) is 4.67. The molecule has 0 aliphatic carbocycles. The van der Waals surface area contributed by atoms with Crippen molar-refractivity contribution in [2.24, 2.45) is 0 Å². The van der Waals surface area contributed by atoms with Crippen LogP contribution < -0.4 is 0 Å². The highest BCUT2D eigenvalue weighted by atomic mass is 32.2. The maximum absolute atomic E-state index is 14.1. The second-order valence-corrected chi connectivity index (χ2v) is 10.2. The molecular weight excluding hydrogens is 468 g/mol. The molecule has 6 nitrogen and oxygen atoms in total. The Bertz CT molecular complexity index is 1370. The number of hydrogen-bond acceptors (Lipinski definition) is 5. The zero-order valence-electron chi connectivity index (χ0n) is 18.2. The van der Waals surface area contributed by atoms with Crippen molar-refractivity contribution in [2.45, 2.75) is 36.2 Å². The summed E-state index contributed by atoms with van der Waals surface area (Å²) < 4.78 is 62.4. The van der Waals surface area contributed by atoms with Gasteiger partial charge in [0, 0.05) is 24.4 Å². The molecule has 10 heteroatoms. The van der Waals surface area contributed by atoms with Gasteiger partial charge in [0.2, 0.25) is 10.0 Å². The van der Waals surface area contributed by atoms with Gasteiger partial charge in [-0.15, -0.1) is 0 Å². The van der Waals surface area contributed by atoms with E-state index in [1.54, 1.807) is 44.4 Å². The van der Waals surface area contributed by atoms with Crippen molar-refractivity contribution in [3.8, 4) is 0 Å². The predicted octanol–water partition coefficient (Wildman–Crippen LogP) is 5.28. The number of halogens is 2. The molecule has 0 saturated heterocycles. The fourth-order valence-corrected chi connectivity index (χ4v) is 6.04. The average molecular weight is 492 g/mol. The molecule has 33 heavy (non-hydrogen) atoms. The van der Waals surface area contributed by atoms with Crippen molar-refractivity contribution < 1.29 is 21.6 Å². The molecule has 0 saturated carbocycles. The molecule has 2 aromatic carbocycles. The highest BCUT2D eigenvalue weighted by Gasteiger charge is 2.23. The van der Waals surface area contributed by atoms with Gasteiger partial charge in [0.1, 0.15) is 17.4 Å². The number of benzene rings is 2. The highest BCUT2D eigenvalue weighted by molar-refractivity contribution is 7.98. The molecule has 0 unspecified atom stereocenters. The molecular formula is C23H23F2N3O3S2. The molecule has 0 atom stereocenters. The number of nitrogens with zero attached hydrogens (tertiary/aromatic N) is 3. The monoisotopic (exact) mass is 491 g/mol. The Morgan fingerprint density at radius 2 is 1.88 bits per heavy atom. The van der Waals surface area contributed by atoms with Crippen LogP contribution in [0.25, 0.3) is 11.0 Å². The molecule has 0 radical (unpaired) electrons. The number of thioether (sulfide) groups is 1. The molecule has 2 heterocycles. The number of furan rings is 1. The molecule has 0 N–H and O–H groups in total. The lowest BCUT2D eigenvalue weighted by Gasteiger charge is -2.18. The third kappa shape index (κ3) is 4.83. The fourth-order valence-electron chi connectivity index (χ4n) is 3.58. The summed E-state index contributed by atoms with van der Waals surface area (Å²) in [6, 6.07) is 11.8. The smallest absolute Gasteiger partial charge is 0.243 e. The molecule has 0 spiro atoms. The summed E-state index contributed by atoms with van der Waals surface area (Å²) in [4.78, 5) is 4.79. The third-order valence-electron chi connectivity index (χ3n) is 5.29. The van der Waals surface area contributed by atoms with Gasteiger partial charge in [0.25, 0.3) is 0 Å². The largest absolute Gasteiger partial charge is 0.467 e. The Morgan fingerprint density at radius 1 is 1.09 bits per heavy atom. The number of imidazole rings is 1. The summed E-state index contributed by atoms with van der Waals surface area (Å²) in [5.41, 5.74) is 1.44. The van der Waals surface area contributed by atoms with Gasteiger partial charge in [0.15, 0.2) is 5.16 Å². The summed E-state index contributed by atoms with van der Waals surface area (Å²) in [6.07, 6.45) is 1.57. The predicted molar refractivity (Wildman–Crippen MR) is 124 cm³/mol. The van der Waals surface area contributed by atoms with Crippen molar-refractivity contribution in [1.82, 2.24) is 13.9 Å². The maximum atomic E-state index is 14.1. The van der Waals surface area contributed by atoms with Gasteiger partial charge < -0.3 is 8.98 Å². The van der Waals surface area contributed by atoms with Gasteiger partial charge in [-0.25, -0.2) is 22.2 Å².